The highest BCUT2D eigenvalue weighted by Gasteiger charge is 2.24. The highest BCUT2D eigenvalue weighted by Crippen LogP contribution is 2.24. The van der Waals surface area contributed by atoms with E-state index in [4.69, 9.17) is 0 Å². The van der Waals surface area contributed by atoms with Crippen LogP contribution in [0.25, 0.3) is 5.57 Å². The van der Waals surface area contributed by atoms with Crippen molar-refractivity contribution < 1.29 is 9.59 Å². The molecule has 0 aliphatic carbocycles. The average Bonchev–Trinajstić information content (AvgIpc) is 2.45. The molecule has 0 atom stereocenters. The van der Waals surface area contributed by atoms with Gasteiger partial charge in [-0.3, -0.25) is 14.9 Å². The van der Waals surface area contributed by atoms with E-state index in [2.05, 4.69) is 5.32 Å². The number of carbonyl (C=O) groups excluding carboxylic acids is 2. The zero-order chi connectivity index (χ0) is 11.0. The van der Waals surface area contributed by atoms with Gasteiger partial charge in [0.15, 0.2) is 0 Å². The lowest BCUT2D eigenvalue weighted by Gasteiger charge is -2.08. The van der Waals surface area contributed by atoms with Gasteiger partial charge in [0.1, 0.15) is 0 Å². The second-order valence-electron chi connectivity index (χ2n) is 3.64. The van der Waals surface area contributed by atoms with E-state index in [1.165, 1.54) is 6.08 Å². The number of carbonyl (C=O) groups is 2. The second-order valence-corrected chi connectivity index (χ2v) is 3.64. The topological polar surface area (TPSA) is 46.2 Å². The van der Waals surface area contributed by atoms with Crippen LogP contribution >= 0.6 is 0 Å². The maximum Gasteiger partial charge on any atom is 0.258 e. The summed E-state index contributed by atoms with van der Waals surface area (Å²) in [7, 11) is 0. The molecule has 1 N–H and O–H groups in total. The van der Waals surface area contributed by atoms with Crippen LogP contribution in [0.15, 0.2) is 24.3 Å². The maximum atomic E-state index is 11.5. The Morgan fingerprint density at radius 3 is 2.13 bits per heavy atom. The van der Waals surface area contributed by atoms with Crippen LogP contribution in [-0.4, -0.2) is 11.8 Å². The zero-order valence-corrected chi connectivity index (χ0v) is 8.63. The molecule has 3 nitrogen and oxygen atoms in total. The molecule has 1 aromatic rings. The molecular weight excluding hydrogens is 190 g/mol. The first-order chi connectivity index (χ1) is 7.09. The van der Waals surface area contributed by atoms with Crippen molar-refractivity contribution in [2.24, 2.45) is 0 Å². The summed E-state index contributed by atoms with van der Waals surface area (Å²) in [6, 6.07) is 5.79. The van der Waals surface area contributed by atoms with Crippen molar-refractivity contribution in [3.8, 4) is 0 Å². The molecule has 1 aliphatic rings. The summed E-state index contributed by atoms with van der Waals surface area (Å²) in [6.45, 7) is 3.86. The number of hydrogen-bond acceptors (Lipinski definition) is 2. The standard InChI is InChI=1S/C12H11NO2/c1-7-4-3-5-8(2)11(7)9-6-10(14)13-12(9)15/h3-6H,1-2H3,(H,13,14,15). The Balaban J connectivity index is 2.60. The summed E-state index contributed by atoms with van der Waals surface area (Å²) in [4.78, 5) is 22.5. The van der Waals surface area contributed by atoms with Gasteiger partial charge in [0.25, 0.3) is 11.8 Å². The molecule has 2 rings (SSSR count). The molecule has 1 aromatic carbocycles. The van der Waals surface area contributed by atoms with Crippen LogP contribution in [0.5, 0.6) is 0 Å². The van der Waals surface area contributed by atoms with E-state index in [0.29, 0.717) is 5.57 Å². The Morgan fingerprint density at radius 1 is 1.07 bits per heavy atom. The van der Waals surface area contributed by atoms with Gasteiger partial charge in [0.05, 0.1) is 5.57 Å². The van der Waals surface area contributed by atoms with Crippen molar-refractivity contribution in [2.75, 3.05) is 0 Å². The summed E-state index contributed by atoms with van der Waals surface area (Å²) in [5, 5.41) is 2.25. The smallest absolute Gasteiger partial charge is 0.258 e. The van der Waals surface area contributed by atoms with E-state index in [1.807, 2.05) is 32.0 Å². The number of hydrogen-bond donors (Lipinski definition) is 1. The molecule has 76 valence electrons. The fourth-order valence-corrected chi connectivity index (χ4v) is 1.84. The van der Waals surface area contributed by atoms with Gasteiger partial charge < -0.3 is 0 Å². The lowest BCUT2D eigenvalue weighted by molar-refractivity contribution is -0.123. The van der Waals surface area contributed by atoms with Gasteiger partial charge in [-0.15, -0.1) is 0 Å². The van der Waals surface area contributed by atoms with Crippen LogP contribution in [-0.2, 0) is 9.59 Å². The molecule has 3 heteroatoms. The largest absolute Gasteiger partial charge is 0.289 e. The van der Waals surface area contributed by atoms with Crippen LogP contribution in [0.2, 0.25) is 0 Å². The fourth-order valence-electron chi connectivity index (χ4n) is 1.84. The van der Waals surface area contributed by atoms with Crippen LogP contribution in [0, 0.1) is 13.8 Å². The Morgan fingerprint density at radius 2 is 1.67 bits per heavy atom. The van der Waals surface area contributed by atoms with E-state index in [-0.39, 0.29) is 11.8 Å². The summed E-state index contributed by atoms with van der Waals surface area (Å²) in [6.07, 6.45) is 1.36. The molecule has 0 unspecified atom stereocenters. The third-order valence-corrected chi connectivity index (χ3v) is 2.51. The van der Waals surface area contributed by atoms with Gasteiger partial charge in [0.2, 0.25) is 0 Å². The Hall–Kier alpha value is -1.90. The van der Waals surface area contributed by atoms with E-state index in [1.54, 1.807) is 0 Å². The number of imide groups is 1. The van der Waals surface area contributed by atoms with Gasteiger partial charge in [-0.05, 0) is 30.5 Å². The van der Waals surface area contributed by atoms with Gasteiger partial charge in [0, 0.05) is 6.08 Å². The minimum Gasteiger partial charge on any atom is -0.289 e. The van der Waals surface area contributed by atoms with Crippen molar-refractivity contribution in [3.63, 3.8) is 0 Å². The predicted molar refractivity (Wildman–Crippen MR) is 57.0 cm³/mol. The predicted octanol–water partition coefficient (Wildman–Crippen LogP) is 1.34. The molecule has 1 aliphatic heterocycles. The van der Waals surface area contributed by atoms with Crippen LogP contribution in [0.3, 0.4) is 0 Å². The van der Waals surface area contributed by atoms with E-state index < -0.39 is 0 Å². The molecule has 2 amide bonds. The molecule has 1 heterocycles. The van der Waals surface area contributed by atoms with Crippen molar-refractivity contribution in [2.45, 2.75) is 13.8 Å². The minimum absolute atomic E-state index is 0.308. The number of aryl methyl sites for hydroxylation is 2. The number of rotatable bonds is 1. The first kappa shape index (κ1) is 9.65. The summed E-state index contributed by atoms with van der Waals surface area (Å²) in [5.41, 5.74) is 3.34. The van der Waals surface area contributed by atoms with Crippen molar-refractivity contribution in [1.29, 1.82) is 0 Å². The molecular formula is C12H11NO2. The number of benzene rings is 1. The highest BCUT2D eigenvalue weighted by molar-refractivity contribution is 6.33. The third-order valence-electron chi connectivity index (χ3n) is 2.51. The summed E-state index contributed by atoms with van der Waals surface area (Å²) in [5.74, 6) is -0.643. The lowest BCUT2D eigenvalue weighted by Crippen LogP contribution is -2.22. The van der Waals surface area contributed by atoms with Gasteiger partial charge in [-0.25, -0.2) is 0 Å². The molecule has 0 aromatic heterocycles. The third kappa shape index (κ3) is 1.56. The van der Waals surface area contributed by atoms with Gasteiger partial charge in [-0.1, -0.05) is 18.2 Å². The lowest BCUT2D eigenvalue weighted by atomic mass is 9.96. The van der Waals surface area contributed by atoms with Gasteiger partial charge in [-0.2, -0.15) is 0 Å². The van der Waals surface area contributed by atoms with E-state index in [0.717, 1.165) is 16.7 Å². The number of nitrogens with one attached hydrogen (secondary N) is 1. The summed E-state index contributed by atoms with van der Waals surface area (Å²) >= 11 is 0. The fraction of sp³-hybridized carbons (Fsp3) is 0.167. The minimum atomic E-state index is -0.336. The highest BCUT2D eigenvalue weighted by atomic mass is 16.2. The SMILES string of the molecule is Cc1cccc(C)c1C1=CC(=O)NC1=O. The second kappa shape index (κ2) is 3.35. The molecule has 0 saturated carbocycles. The molecule has 15 heavy (non-hydrogen) atoms. The molecule has 0 radical (unpaired) electrons. The first-order valence-electron chi connectivity index (χ1n) is 4.73. The van der Waals surface area contributed by atoms with Crippen molar-refractivity contribution in [1.82, 2.24) is 5.32 Å². The normalized spacial score (nSPS) is 15.2. The first-order valence-corrected chi connectivity index (χ1v) is 4.73. The average molecular weight is 201 g/mol. The van der Waals surface area contributed by atoms with Crippen molar-refractivity contribution in [3.05, 3.63) is 41.0 Å². The van der Waals surface area contributed by atoms with Gasteiger partial charge >= 0.3 is 0 Å². The Labute approximate surface area is 87.8 Å². The molecule has 0 bridgehead atoms. The van der Waals surface area contributed by atoms with Crippen LogP contribution in [0.4, 0.5) is 0 Å². The van der Waals surface area contributed by atoms with E-state index >= 15 is 0 Å². The summed E-state index contributed by atoms with van der Waals surface area (Å²) < 4.78 is 0. The van der Waals surface area contributed by atoms with E-state index in [9.17, 15) is 9.59 Å². The number of amides is 2. The molecule has 0 fully saturated rings. The maximum absolute atomic E-state index is 11.5. The molecule has 0 saturated heterocycles. The monoisotopic (exact) mass is 201 g/mol. The Kier molecular flexibility index (Phi) is 2.15. The van der Waals surface area contributed by atoms with Crippen LogP contribution < -0.4 is 5.32 Å². The quantitative estimate of drug-likeness (QED) is 0.697. The van der Waals surface area contributed by atoms with Crippen molar-refractivity contribution >= 4 is 17.4 Å². The zero-order valence-electron chi connectivity index (χ0n) is 8.63. The van der Waals surface area contributed by atoms with Crippen LogP contribution in [0.1, 0.15) is 16.7 Å². The molecule has 0 spiro atoms. The Bertz CT molecular complexity index is 466.